The maximum Gasteiger partial charge on any atom is 0.238 e. The number of benzene rings is 1. The number of ether oxygens (including phenoxy) is 1. The van der Waals surface area contributed by atoms with Crippen LogP contribution in [0.15, 0.2) is 29.2 Å². The number of aliphatic hydroxyl groups is 1. The molecule has 0 saturated heterocycles. The summed E-state index contributed by atoms with van der Waals surface area (Å²) in [6.45, 7) is 2.54. The van der Waals surface area contributed by atoms with E-state index in [9.17, 15) is 8.42 Å². The third-order valence-corrected chi connectivity index (χ3v) is 4.02. The van der Waals surface area contributed by atoms with Crippen LogP contribution in [-0.2, 0) is 10.0 Å². The fraction of sp³-hybridized carbons (Fsp3) is 0.571. The van der Waals surface area contributed by atoms with Crippen LogP contribution < -0.4 is 9.88 Å². The van der Waals surface area contributed by atoms with Crippen molar-refractivity contribution in [3.8, 4) is 5.75 Å². The second kappa shape index (κ2) is 8.99. The van der Waals surface area contributed by atoms with Crippen molar-refractivity contribution < 1.29 is 18.3 Å². The second-order valence-corrected chi connectivity index (χ2v) is 6.51. The molecule has 0 unspecified atom stereocenters. The minimum Gasteiger partial charge on any atom is -0.492 e. The number of hydrogen-bond acceptors (Lipinski definition) is 5. The highest BCUT2D eigenvalue weighted by atomic mass is 32.2. The van der Waals surface area contributed by atoms with E-state index in [0.717, 1.165) is 32.4 Å². The lowest BCUT2D eigenvalue weighted by atomic mass is 10.2. The summed E-state index contributed by atoms with van der Waals surface area (Å²) in [5.74, 6) is 0.621. The summed E-state index contributed by atoms with van der Waals surface area (Å²) < 4.78 is 27.8. The van der Waals surface area contributed by atoms with E-state index in [2.05, 4.69) is 4.90 Å². The van der Waals surface area contributed by atoms with Gasteiger partial charge in [0.2, 0.25) is 10.0 Å². The molecule has 7 heteroatoms. The molecule has 6 nitrogen and oxygen atoms in total. The van der Waals surface area contributed by atoms with Crippen LogP contribution in [0.5, 0.6) is 5.75 Å². The van der Waals surface area contributed by atoms with Crippen LogP contribution in [0.4, 0.5) is 0 Å². The van der Waals surface area contributed by atoms with Gasteiger partial charge in [-0.3, -0.25) is 0 Å². The van der Waals surface area contributed by atoms with Crippen molar-refractivity contribution in [3.05, 3.63) is 24.3 Å². The van der Waals surface area contributed by atoms with E-state index in [1.807, 2.05) is 7.05 Å². The number of likely N-dealkylation sites (N-methyl/N-ethyl adjacent to an activating group) is 1. The van der Waals surface area contributed by atoms with Gasteiger partial charge in [0.25, 0.3) is 0 Å². The largest absolute Gasteiger partial charge is 0.492 e. The topological polar surface area (TPSA) is 92.9 Å². The predicted octanol–water partition coefficient (Wildman–Crippen LogP) is 0.807. The number of rotatable bonds is 10. The van der Waals surface area contributed by atoms with Gasteiger partial charge in [0.1, 0.15) is 12.4 Å². The van der Waals surface area contributed by atoms with Gasteiger partial charge < -0.3 is 14.7 Å². The Morgan fingerprint density at radius 1 is 1.14 bits per heavy atom. The summed E-state index contributed by atoms with van der Waals surface area (Å²) >= 11 is 0. The first-order chi connectivity index (χ1) is 9.93. The first kappa shape index (κ1) is 17.9. The van der Waals surface area contributed by atoms with E-state index < -0.39 is 10.0 Å². The van der Waals surface area contributed by atoms with Crippen molar-refractivity contribution in [1.82, 2.24) is 4.90 Å². The zero-order chi connectivity index (χ0) is 15.7. The Balaban J connectivity index is 2.26. The minimum absolute atomic E-state index is 0.0795. The molecule has 0 aliphatic rings. The molecule has 0 aromatic heterocycles. The SMILES string of the molecule is CN(CCCCCO)CCOc1ccc(S(N)(=O)=O)cc1. The highest BCUT2D eigenvalue weighted by Crippen LogP contribution is 2.14. The van der Waals surface area contributed by atoms with Crippen molar-refractivity contribution in [1.29, 1.82) is 0 Å². The standard InChI is InChI=1S/C14H24N2O4S/c1-16(9-3-2-4-11-17)10-12-20-13-5-7-14(8-6-13)21(15,18)19/h5-8,17H,2-4,9-12H2,1H3,(H2,15,18,19). The summed E-state index contributed by atoms with van der Waals surface area (Å²) in [5, 5.41) is 13.7. The van der Waals surface area contributed by atoms with Crippen LogP contribution in [0.1, 0.15) is 19.3 Å². The average Bonchev–Trinajstić information content (AvgIpc) is 2.43. The Hall–Kier alpha value is -1.15. The third-order valence-electron chi connectivity index (χ3n) is 3.09. The van der Waals surface area contributed by atoms with Crippen LogP contribution in [0.3, 0.4) is 0 Å². The van der Waals surface area contributed by atoms with Gasteiger partial charge in [0, 0.05) is 13.2 Å². The third kappa shape index (κ3) is 7.42. The molecule has 0 atom stereocenters. The van der Waals surface area contributed by atoms with E-state index in [1.165, 1.54) is 12.1 Å². The molecule has 120 valence electrons. The summed E-state index contributed by atoms with van der Waals surface area (Å²) in [6, 6.07) is 6.06. The molecule has 0 fully saturated rings. The summed E-state index contributed by atoms with van der Waals surface area (Å²) in [7, 11) is -1.63. The molecule has 0 heterocycles. The summed E-state index contributed by atoms with van der Waals surface area (Å²) in [4.78, 5) is 2.24. The maximum atomic E-state index is 11.1. The monoisotopic (exact) mass is 316 g/mol. The molecule has 0 saturated carbocycles. The van der Waals surface area contributed by atoms with Gasteiger partial charge in [-0.2, -0.15) is 0 Å². The number of sulfonamides is 1. The fourth-order valence-electron chi connectivity index (χ4n) is 1.83. The van der Waals surface area contributed by atoms with Gasteiger partial charge in [-0.15, -0.1) is 0 Å². The lowest BCUT2D eigenvalue weighted by Crippen LogP contribution is -2.25. The van der Waals surface area contributed by atoms with Crippen LogP contribution in [0.25, 0.3) is 0 Å². The van der Waals surface area contributed by atoms with Crippen molar-refractivity contribution in [2.24, 2.45) is 5.14 Å². The molecule has 0 radical (unpaired) electrons. The molecular formula is C14H24N2O4S. The molecule has 1 rings (SSSR count). The van der Waals surface area contributed by atoms with Gasteiger partial charge in [0.15, 0.2) is 0 Å². The smallest absolute Gasteiger partial charge is 0.238 e. The van der Waals surface area contributed by atoms with Gasteiger partial charge in [0.05, 0.1) is 4.90 Å². The van der Waals surface area contributed by atoms with Crippen molar-refractivity contribution in [2.75, 3.05) is 33.4 Å². The van der Waals surface area contributed by atoms with Crippen molar-refractivity contribution in [3.63, 3.8) is 0 Å². The van der Waals surface area contributed by atoms with Crippen LogP contribution >= 0.6 is 0 Å². The Morgan fingerprint density at radius 2 is 1.81 bits per heavy atom. The minimum atomic E-state index is -3.65. The molecule has 0 spiro atoms. The number of nitrogens with zero attached hydrogens (tertiary/aromatic N) is 1. The van der Waals surface area contributed by atoms with Gasteiger partial charge in [-0.25, -0.2) is 13.6 Å². The van der Waals surface area contributed by atoms with E-state index in [4.69, 9.17) is 15.0 Å². The second-order valence-electron chi connectivity index (χ2n) is 4.95. The van der Waals surface area contributed by atoms with Gasteiger partial charge >= 0.3 is 0 Å². The molecule has 1 aromatic rings. The number of aliphatic hydroxyl groups excluding tert-OH is 1. The van der Waals surface area contributed by atoms with Gasteiger partial charge in [-0.05, 0) is 57.1 Å². The number of primary sulfonamides is 1. The first-order valence-corrected chi connectivity index (χ1v) is 8.53. The molecule has 21 heavy (non-hydrogen) atoms. The lowest BCUT2D eigenvalue weighted by Gasteiger charge is -2.16. The van der Waals surface area contributed by atoms with E-state index in [-0.39, 0.29) is 11.5 Å². The molecule has 3 N–H and O–H groups in total. The molecular weight excluding hydrogens is 292 g/mol. The molecule has 0 aliphatic carbocycles. The maximum absolute atomic E-state index is 11.1. The molecule has 0 amide bonds. The number of hydrogen-bond donors (Lipinski definition) is 2. The normalized spacial score (nSPS) is 11.8. The van der Waals surface area contributed by atoms with Crippen molar-refractivity contribution in [2.45, 2.75) is 24.2 Å². The first-order valence-electron chi connectivity index (χ1n) is 6.98. The van der Waals surface area contributed by atoms with Crippen LogP contribution in [-0.4, -0.2) is 51.8 Å². The van der Waals surface area contributed by atoms with Crippen LogP contribution in [0, 0.1) is 0 Å². The molecule has 0 aliphatic heterocycles. The highest BCUT2D eigenvalue weighted by Gasteiger charge is 2.07. The number of nitrogens with two attached hydrogens (primary N) is 1. The summed E-state index contributed by atoms with van der Waals surface area (Å²) in [6.07, 6.45) is 2.93. The predicted molar refractivity (Wildman–Crippen MR) is 81.7 cm³/mol. The van der Waals surface area contributed by atoms with E-state index in [1.54, 1.807) is 12.1 Å². The van der Waals surface area contributed by atoms with Gasteiger partial charge in [-0.1, -0.05) is 0 Å². The van der Waals surface area contributed by atoms with E-state index >= 15 is 0 Å². The Kier molecular flexibility index (Phi) is 7.66. The van der Waals surface area contributed by atoms with E-state index in [0.29, 0.717) is 12.4 Å². The Bertz CT molecular complexity index is 502. The average molecular weight is 316 g/mol. The van der Waals surface area contributed by atoms with Crippen molar-refractivity contribution >= 4 is 10.0 Å². The number of unbranched alkanes of at least 4 members (excludes halogenated alkanes) is 2. The van der Waals surface area contributed by atoms with Crippen LogP contribution in [0.2, 0.25) is 0 Å². The Morgan fingerprint density at radius 3 is 2.38 bits per heavy atom. The molecule has 1 aromatic carbocycles. The Labute approximate surface area is 126 Å². The zero-order valence-electron chi connectivity index (χ0n) is 12.4. The lowest BCUT2D eigenvalue weighted by molar-refractivity contribution is 0.230. The zero-order valence-corrected chi connectivity index (χ0v) is 13.2. The molecule has 0 bridgehead atoms. The summed E-state index contributed by atoms with van der Waals surface area (Å²) in [5.41, 5.74) is 0. The fourth-order valence-corrected chi connectivity index (χ4v) is 2.34. The quantitative estimate of drug-likeness (QED) is 0.623. The highest BCUT2D eigenvalue weighted by molar-refractivity contribution is 7.89.